The highest BCUT2D eigenvalue weighted by Gasteiger charge is 2.25. The number of hydrogen-bond acceptors (Lipinski definition) is 5. The van der Waals surface area contributed by atoms with Crippen molar-refractivity contribution in [3.05, 3.63) is 76.7 Å². The van der Waals surface area contributed by atoms with Crippen molar-refractivity contribution < 1.29 is 9.53 Å². The van der Waals surface area contributed by atoms with E-state index < -0.39 is 0 Å². The fraction of sp³-hybridized carbons (Fsp3) is 0.346. The number of nitrogens with zero attached hydrogens (tertiary/aromatic N) is 4. The van der Waals surface area contributed by atoms with Crippen molar-refractivity contribution in [2.45, 2.75) is 27.2 Å². The van der Waals surface area contributed by atoms with Crippen LogP contribution in [0.4, 0.5) is 16.3 Å². The van der Waals surface area contributed by atoms with Gasteiger partial charge in [0.15, 0.2) is 0 Å². The molecule has 2 amide bonds. The van der Waals surface area contributed by atoms with Gasteiger partial charge in [0, 0.05) is 49.5 Å². The Bertz CT molecular complexity index is 1100. The van der Waals surface area contributed by atoms with Crippen LogP contribution >= 0.6 is 0 Å². The third-order valence-corrected chi connectivity index (χ3v) is 6.01. The van der Waals surface area contributed by atoms with Crippen LogP contribution in [-0.4, -0.2) is 54.2 Å². The van der Waals surface area contributed by atoms with Crippen LogP contribution in [-0.2, 0) is 6.42 Å². The van der Waals surface area contributed by atoms with E-state index in [0.717, 1.165) is 53.8 Å². The molecule has 0 aliphatic carbocycles. The molecular formula is C26H31N5O2. The summed E-state index contributed by atoms with van der Waals surface area (Å²) in [6.45, 7) is 8.81. The summed E-state index contributed by atoms with van der Waals surface area (Å²) in [5.74, 6) is 2.52. The van der Waals surface area contributed by atoms with E-state index in [1.807, 2.05) is 36.1 Å². The largest absolute Gasteiger partial charge is 0.497 e. The van der Waals surface area contributed by atoms with Crippen molar-refractivity contribution in [3.8, 4) is 5.75 Å². The first kappa shape index (κ1) is 22.6. The molecule has 1 N–H and O–H groups in total. The molecular weight excluding hydrogens is 414 g/mol. The Hall–Kier alpha value is -3.61. The Morgan fingerprint density at radius 2 is 1.61 bits per heavy atom. The molecule has 1 fully saturated rings. The summed E-state index contributed by atoms with van der Waals surface area (Å²) in [5, 5.41) is 2.97. The maximum absolute atomic E-state index is 12.7. The molecule has 7 nitrogen and oxygen atoms in total. The maximum Gasteiger partial charge on any atom is 0.321 e. The summed E-state index contributed by atoms with van der Waals surface area (Å²) in [6, 6.07) is 15.9. The number of hydrogen-bond donors (Lipinski definition) is 1. The molecule has 1 saturated heterocycles. The van der Waals surface area contributed by atoms with Crippen LogP contribution < -0.4 is 15.0 Å². The first-order chi connectivity index (χ1) is 15.9. The average Bonchev–Trinajstić information content (AvgIpc) is 2.82. The molecule has 2 aromatic carbocycles. The van der Waals surface area contributed by atoms with Gasteiger partial charge in [0.25, 0.3) is 0 Å². The van der Waals surface area contributed by atoms with Crippen LogP contribution in [0.2, 0.25) is 0 Å². The Kier molecular flexibility index (Phi) is 6.77. The lowest BCUT2D eigenvalue weighted by molar-refractivity contribution is 0.208. The molecule has 3 aromatic rings. The van der Waals surface area contributed by atoms with E-state index in [9.17, 15) is 4.79 Å². The normalized spacial score (nSPS) is 13.7. The van der Waals surface area contributed by atoms with Crippen molar-refractivity contribution >= 4 is 17.5 Å². The Morgan fingerprint density at radius 3 is 2.24 bits per heavy atom. The topological polar surface area (TPSA) is 70.6 Å². The van der Waals surface area contributed by atoms with Crippen LogP contribution in [0.15, 0.2) is 48.5 Å². The van der Waals surface area contributed by atoms with Gasteiger partial charge in [0.05, 0.1) is 7.11 Å². The highest BCUT2D eigenvalue weighted by Crippen LogP contribution is 2.25. The van der Waals surface area contributed by atoms with Crippen LogP contribution in [0.3, 0.4) is 0 Å². The minimum Gasteiger partial charge on any atom is -0.497 e. The van der Waals surface area contributed by atoms with E-state index in [1.165, 1.54) is 11.1 Å². The SMILES string of the molecule is COc1ccc(NC(=O)N2CCN(c3nc(C)nc(C)c3Cc3ccc(C)cc3)CC2)cc1. The molecule has 172 valence electrons. The van der Waals surface area contributed by atoms with Gasteiger partial charge in [-0.2, -0.15) is 0 Å². The number of rotatable bonds is 5. The van der Waals surface area contributed by atoms with Gasteiger partial charge in [-0.15, -0.1) is 0 Å². The highest BCUT2D eigenvalue weighted by atomic mass is 16.5. The van der Waals surface area contributed by atoms with Crippen molar-refractivity contribution in [2.24, 2.45) is 0 Å². The average molecular weight is 446 g/mol. The molecule has 0 radical (unpaired) electrons. The number of aromatic nitrogens is 2. The zero-order chi connectivity index (χ0) is 23.4. The van der Waals surface area contributed by atoms with E-state index in [0.29, 0.717) is 13.1 Å². The number of carbonyl (C=O) groups excluding carboxylic acids is 1. The van der Waals surface area contributed by atoms with Crippen LogP contribution in [0.5, 0.6) is 5.75 Å². The number of ether oxygens (including phenoxy) is 1. The number of benzene rings is 2. The molecule has 7 heteroatoms. The second kappa shape index (κ2) is 9.90. The van der Waals surface area contributed by atoms with E-state index in [-0.39, 0.29) is 6.03 Å². The molecule has 0 atom stereocenters. The van der Waals surface area contributed by atoms with E-state index >= 15 is 0 Å². The molecule has 1 aliphatic heterocycles. The molecule has 0 unspecified atom stereocenters. The lowest BCUT2D eigenvalue weighted by atomic mass is 10.0. The zero-order valence-corrected chi connectivity index (χ0v) is 19.8. The summed E-state index contributed by atoms with van der Waals surface area (Å²) in [5.41, 5.74) is 5.42. The summed E-state index contributed by atoms with van der Waals surface area (Å²) >= 11 is 0. The number of anilines is 2. The first-order valence-corrected chi connectivity index (χ1v) is 11.3. The van der Waals surface area contributed by atoms with Crippen LogP contribution in [0, 0.1) is 20.8 Å². The zero-order valence-electron chi connectivity index (χ0n) is 19.8. The minimum absolute atomic E-state index is 0.0882. The van der Waals surface area contributed by atoms with Gasteiger partial charge in [-0.1, -0.05) is 29.8 Å². The second-order valence-corrected chi connectivity index (χ2v) is 8.45. The van der Waals surface area contributed by atoms with Crippen molar-refractivity contribution in [1.82, 2.24) is 14.9 Å². The fourth-order valence-corrected chi connectivity index (χ4v) is 4.09. The van der Waals surface area contributed by atoms with Gasteiger partial charge in [0.2, 0.25) is 0 Å². The number of nitrogens with one attached hydrogen (secondary N) is 1. The quantitative estimate of drug-likeness (QED) is 0.632. The lowest BCUT2D eigenvalue weighted by Crippen LogP contribution is -2.50. The molecule has 2 heterocycles. The monoisotopic (exact) mass is 445 g/mol. The maximum atomic E-state index is 12.7. The standard InChI is InChI=1S/C26H31N5O2/c1-18-5-7-21(8-6-18)17-24-19(2)27-20(3)28-25(24)30-13-15-31(16-14-30)26(32)29-22-9-11-23(33-4)12-10-22/h5-12H,13-17H2,1-4H3,(H,29,32). The Balaban J connectivity index is 1.44. The minimum atomic E-state index is -0.0882. The second-order valence-electron chi connectivity index (χ2n) is 8.45. The summed E-state index contributed by atoms with van der Waals surface area (Å²) in [6.07, 6.45) is 0.792. The molecule has 0 spiro atoms. The molecule has 0 bridgehead atoms. The van der Waals surface area contributed by atoms with E-state index in [2.05, 4.69) is 53.3 Å². The third kappa shape index (κ3) is 5.42. The molecule has 0 saturated carbocycles. The summed E-state index contributed by atoms with van der Waals surface area (Å²) in [7, 11) is 1.62. The smallest absolute Gasteiger partial charge is 0.321 e. The highest BCUT2D eigenvalue weighted by molar-refractivity contribution is 5.89. The predicted octanol–water partition coefficient (Wildman–Crippen LogP) is 4.36. The fourth-order valence-electron chi connectivity index (χ4n) is 4.09. The van der Waals surface area contributed by atoms with Gasteiger partial charge in [0.1, 0.15) is 17.4 Å². The summed E-state index contributed by atoms with van der Waals surface area (Å²) < 4.78 is 5.17. The summed E-state index contributed by atoms with van der Waals surface area (Å²) in [4.78, 5) is 26.3. The number of piperazine rings is 1. The van der Waals surface area contributed by atoms with Crippen LogP contribution in [0.1, 0.15) is 28.2 Å². The molecule has 4 rings (SSSR count). The van der Waals surface area contributed by atoms with Gasteiger partial charge >= 0.3 is 6.03 Å². The molecule has 33 heavy (non-hydrogen) atoms. The molecule has 1 aromatic heterocycles. The van der Waals surface area contributed by atoms with Gasteiger partial charge in [-0.05, 0) is 50.6 Å². The lowest BCUT2D eigenvalue weighted by Gasteiger charge is -2.36. The van der Waals surface area contributed by atoms with Crippen molar-refractivity contribution in [2.75, 3.05) is 43.5 Å². The van der Waals surface area contributed by atoms with Crippen LogP contribution in [0.25, 0.3) is 0 Å². The molecule has 1 aliphatic rings. The van der Waals surface area contributed by atoms with Crippen molar-refractivity contribution in [1.29, 1.82) is 0 Å². The van der Waals surface area contributed by atoms with Gasteiger partial charge in [-0.3, -0.25) is 0 Å². The third-order valence-electron chi connectivity index (χ3n) is 6.01. The van der Waals surface area contributed by atoms with Crippen molar-refractivity contribution in [3.63, 3.8) is 0 Å². The number of carbonyl (C=O) groups is 1. The Morgan fingerprint density at radius 1 is 0.939 bits per heavy atom. The number of urea groups is 1. The van der Waals surface area contributed by atoms with E-state index in [1.54, 1.807) is 7.11 Å². The predicted molar refractivity (Wildman–Crippen MR) is 131 cm³/mol. The Labute approximate surface area is 195 Å². The van der Waals surface area contributed by atoms with Gasteiger partial charge in [-0.25, -0.2) is 14.8 Å². The number of methoxy groups -OCH3 is 1. The van der Waals surface area contributed by atoms with Gasteiger partial charge < -0.3 is 19.9 Å². The first-order valence-electron chi connectivity index (χ1n) is 11.3. The number of amides is 2. The number of aryl methyl sites for hydroxylation is 3. The van der Waals surface area contributed by atoms with E-state index in [4.69, 9.17) is 9.72 Å².